The van der Waals surface area contributed by atoms with Crippen LogP contribution in [0.4, 0.5) is 0 Å². The number of ether oxygens (including phenoxy) is 1. The SMILES string of the molecule is COC(=O)c1cc(CN2CCC([C@H](O)Cc3ccccc3)CC2)cs1. The lowest BCUT2D eigenvalue weighted by molar-refractivity contribution is 0.0574. The third-order valence-electron chi connectivity index (χ3n) is 4.91. The van der Waals surface area contributed by atoms with Gasteiger partial charge in [-0.3, -0.25) is 4.90 Å². The molecule has 1 aliphatic rings. The second kappa shape index (κ2) is 8.61. The molecule has 1 aliphatic heterocycles. The molecule has 4 nitrogen and oxygen atoms in total. The second-order valence-corrected chi connectivity index (χ2v) is 7.59. The summed E-state index contributed by atoms with van der Waals surface area (Å²) >= 11 is 1.44. The Morgan fingerprint density at radius 1 is 1.28 bits per heavy atom. The normalized spacial score (nSPS) is 17.4. The first-order valence-electron chi connectivity index (χ1n) is 8.76. The van der Waals surface area contributed by atoms with Crippen molar-refractivity contribution in [1.82, 2.24) is 4.90 Å². The minimum Gasteiger partial charge on any atom is -0.465 e. The summed E-state index contributed by atoms with van der Waals surface area (Å²) in [6.45, 7) is 2.83. The van der Waals surface area contributed by atoms with Gasteiger partial charge in [0.1, 0.15) is 4.88 Å². The molecule has 134 valence electrons. The van der Waals surface area contributed by atoms with E-state index in [1.165, 1.54) is 24.0 Å². The smallest absolute Gasteiger partial charge is 0.348 e. The quantitative estimate of drug-likeness (QED) is 0.804. The fraction of sp³-hybridized carbons (Fsp3) is 0.450. The van der Waals surface area contributed by atoms with Gasteiger partial charge in [0.15, 0.2) is 0 Å². The van der Waals surface area contributed by atoms with Crippen LogP contribution in [0.25, 0.3) is 0 Å². The highest BCUT2D eigenvalue weighted by atomic mass is 32.1. The molecule has 0 spiro atoms. The molecule has 1 atom stereocenters. The number of hydrogen-bond acceptors (Lipinski definition) is 5. The van der Waals surface area contributed by atoms with Crippen LogP contribution in [0.1, 0.15) is 33.6 Å². The molecule has 1 aromatic carbocycles. The van der Waals surface area contributed by atoms with Crippen LogP contribution < -0.4 is 0 Å². The van der Waals surface area contributed by atoms with E-state index in [9.17, 15) is 9.90 Å². The molecule has 25 heavy (non-hydrogen) atoms. The molecule has 0 radical (unpaired) electrons. The number of nitrogens with zero attached hydrogens (tertiary/aromatic N) is 1. The molecule has 0 amide bonds. The van der Waals surface area contributed by atoms with Crippen LogP contribution >= 0.6 is 11.3 Å². The molecule has 1 aromatic heterocycles. The van der Waals surface area contributed by atoms with Gasteiger partial charge in [-0.25, -0.2) is 4.79 Å². The minimum atomic E-state index is -0.267. The van der Waals surface area contributed by atoms with Gasteiger partial charge in [0.25, 0.3) is 0 Å². The lowest BCUT2D eigenvalue weighted by atomic mass is 9.88. The number of methoxy groups -OCH3 is 1. The summed E-state index contributed by atoms with van der Waals surface area (Å²) in [5, 5.41) is 12.6. The Morgan fingerprint density at radius 3 is 2.68 bits per heavy atom. The molecular weight excluding hydrogens is 334 g/mol. The summed E-state index contributed by atoms with van der Waals surface area (Å²) in [5.41, 5.74) is 2.36. The fourth-order valence-corrected chi connectivity index (χ4v) is 4.26. The van der Waals surface area contributed by atoms with Crippen molar-refractivity contribution in [3.05, 3.63) is 57.8 Å². The van der Waals surface area contributed by atoms with Crippen molar-refractivity contribution in [2.75, 3.05) is 20.2 Å². The van der Waals surface area contributed by atoms with Gasteiger partial charge < -0.3 is 9.84 Å². The summed E-state index contributed by atoms with van der Waals surface area (Å²) in [4.78, 5) is 14.6. The maximum absolute atomic E-state index is 11.5. The molecule has 0 unspecified atom stereocenters. The number of likely N-dealkylation sites (tertiary alicyclic amines) is 1. The molecule has 0 saturated carbocycles. The largest absolute Gasteiger partial charge is 0.465 e. The number of rotatable bonds is 6. The van der Waals surface area contributed by atoms with Crippen molar-refractivity contribution in [3.63, 3.8) is 0 Å². The zero-order valence-corrected chi connectivity index (χ0v) is 15.4. The highest BCUT2D eigenvalue weighted by Crippen LogP contribution is 2.25. The molecular formula is C20H25NO3S. The second-order valence-electron chi connectivity index (χ2n) is 6.68. The van der Waals surface area contributed by atoms with Crippen LogP contribution in [0, 0.1) is 5.92 Å². The van der Waals surface area contributed by atoms with E-state index in [-0.39, 0.29) is 12.1 Å². The van der Waals surface area contributed by atoms with Gasteiger partial charge in [-0.05, 0) is 60.8 Å². The van der Waals surface area contributed by atoms with E-state index >= 15 is 0 Å². The van der Waals surface area contributed by atoms with Gasteiger partial charge >= 0.3 is 5.97 Å². The number of benzene rings is 1. The molecule has 0 bridgehead atoms. The number of hydrogen-bond donors (Lipinski definition) is 1. The van der Waals surface area contributed by atoms with E-state index in [4.69, 9.17) is 4.74 Å². The Kier molecular flexibility index (Phi) is 6.24. The van der Waals surface area contributed by atoms with Crippen LogP contribution in [0.3, 0.4) is 0 Å². The molecule has 1 fully saturated rings. The maximum atomic E-state index is 11.5. The number of thiophene rings is 1. The molecule has 1 saturated heterocycles. The van der Waals surface area contributed by atoms with Crippen LogP contribution in [-0.4, -0.2) is 42.3 Å². The predicted molar refractivity (Wildman–Crippen MR) is 99.8 cm³/mol. The molecule has 1 N–H and O–H groups in total. The van der Waals surface area contributed by atoms with Gasteiger partial charge in [0, 0.05) is 6.54 Å². The van der Waals surface area contributed by atoms with Crippen LogP contribution in [0.2, 0.25) is 0 Å². The first kappa shape index (κ1) is 18.1. The summed E-state index contributed by atoms with van der Waals surface area (Å²) in [6, 6.07) is 12.1. The Balaban J connectivity index is 1.47. The van der Waals surface area contributed by atoms with Crippen molar-refractivity contribution >= 4 is 17.3 Å². The Morgan fingerprint density at radius 2 is 2.00 bits per heavy atom. The summed E-state index contributed by atoms with van der Waals surface area (Å²) in [7, 11) is 1.41. The Bertz CT molecular complexity index is 677. The third-order valence-corrected chi connectivity index (χ3v) is 5.87. The summed E-state index contributed by atoms with van der Waals surface area (Å²) in [5.74, 6) is 0.101. The van der Waals surface area contributed by atoms with Crippen molar-refractivity contribution in [3.8, 4) is 0 Å². The number of aliphatic hydroxyl groups excluding tert-OH is 1. The van der Waals surface area contributed by atoms with Crippen molar-refractivity contribution in [2.45, 2.75) is 31.9 Å². The standard InChI is InChI=1S/C20H25NO3S/c1-24-20(23)19-12-16(14-25-19)13-21-9-7-17(8-10-21)18(22)11-15-5-3-2-4-6-15/h2-6,12,14,17-18,22H,7-11,13H2,1H3/t18-/m1/s1. The summed E-state index contributed by atoms with van der Waals surface area (Å²) < 4.78 is 4.76. The average Bonchev–Trinajstić information content (AvgIpc) is 3.11. The zero-order chi connectivity index (χ0) is 17.6. The average molecular weight is 359 g/mol. The Labute approximate surface area is 153 Å². The number of aliphatic hydroxyl groups is 1. The molecule has 2 aromatic rings. The van der Waals surface area contributed by atoms with Gasteiger partial charge in [0.2, 0.25) is 0 Å². The minimum absolute atomic E-state index is 0.265. The van der Waals surface area contributed by atoms with E-state index in [1.807, 2.05) is 29.6 Å². The maximum Gasteiger partial charge on any atom is 0.348 e. The van der Waals surface area contributed by atoms with Gasteiger partial charge in [-0.2, -0.15) is 0 Å². The van der Waals surface area contributed by atoms with Crippen molar-refractivity contribution in [1.29, 1.82) is 0 Å². The highest BCUT2D eigenvalue weighted by molar-refractivity contribution is 7.12. The summed E-state index contributed by atoms with van der Waals surface area (Å²) in [6.07, 6.45) is 2.50. The first-order valence-corrected chi connectivity index (χ1v) is 9.63. The lowest BCUT2D eigenvalue weighted by Gasteiger charge is -2.34. The van der Waals surface area contributed by atoms with Gasteiger partial charge in [-0.1, -0.05) is 30.3 Å². The topological polar surface area (TPSA) is 49.8 Å². The third kappa shape index (κ3) is 4.91. The molecule has 2 heterocycles. The van der Waals surface area contributed by atoms with Crippen LogP contribution in [0.5, 0.6) is 0 Å². The van der Waals surface area contributed by atoms with Crippen LogP contribution in [0.15, 0.2) is 41.8 Å². The molecule has 0 aliphatic carbocycles. The van der Waals surface area contributed by atoms with Crippen molar-refractivity contribution < 1.29 is 14.6 Å². The Hall–Kier alpha value is -1.69. The van der Waals surface area contributed by atoms with Crippen LogP contribution in [-0.2, 0) is 17.7 Å². The monoisotopic (exact) mass is 359 g/mol. The van der Waals surface area contributed by atoms with E-state index in [0.717, 1.165) is 44.5 Å². The van der Waals surface area contributed by atoms with E-state index < -0.39 is 0 Å². The van der Waals surface area contributed by atoms with E-state index in [2.05, 4.69) is 17.0 Å². The van der Waals surface area contributed by atoms with Crippen molar-refractivity contribution in [2.24, 2.45) is 5.92 Å². The highest BCUT2D eigenvalue weighted by Gasteiger charge is 2.25. The fourth-order valence-electron chi connectivity index (χ4n) is 3.44. The predicted octanol–water partition coefficient (Wildman–Crippen LogP) is 3.35. The number of piperidine rings is 1. The number of esters is 1. The molecule has 5 heteroatoms. The number of carbonyl (C=O) groups is 1. The molecule has 3 rings (SSSR count). The van der Waals surface area contributed by atoms with Gasteiger partial charge in [0.05, 0.1) is 13.2 Å². The van der Waals surface area contributed by atoms with Gasteiger partial charge in [-0.15, -0.1) is 11.3 Å². The van der Waals surface area contributed by atoms with E-state index in [0.29, 0.717) is 10.8 Å². The zero-order valence-electron chi connectivity index (χ0n) is 14.6. The first-order chi connectivity index (χ1) is 12.2. The van der Waals surface area contributed by atoms with E-state index in [1.54, 1.807) is 0 Å². The number of carbonyl (C=O) groups excluding carboxylic acids is 1. The lowest BCUT2D eigenvalue weighted by Crippen LogP contribution is -2.38.